The minimum Gasteiger partial charge on any atom is -0.428 e. The molecule has 0 aliphatic carbocycles. The topological polar surface area (TPSA) is 66.0 Å². The maximum Gasteiger partial charge on any atom is 0.338 e. The summed E-state index contributed by atoms with van der Waals surface area (Å²) in [5, 5.41) is 2.73. The lowest BCUT2D eigenvalue weighted by atomic mass is 9.72. The Morgan fingerprint density at radius 2 is 1.75 bits per heavy atom. The molecule has 0 saturated carbocycles. The van der Waals surface area contributed by atoms with Gasteiger partial charge in [0.15, 0.2) is 12.0 Å². The van der Waals surface area contributed by atoms with Gasteiger partial charge in [-0.3, -0.25) is 4.79 Å². The Morgan fingerprint density at radius 3 is 2.25 bits per heavy atom. The van der Waals surface area contributed by atoms with Gasteiger partial charge >= 0.3 is 14.2 Å². The molecule has 1 amide bonds. The molecule has 0 aliphatic heterocycles. The second kappa shape index (κ2) is 12.2. The van der Waals surface area contributed by atoms with Crippen LogP contribution in [0, 0.1) is 0 Å². The second-order valence-corrected chi connectivity index (χ2v) is 6.95. The van der Waals surface area contributed by atoms with Gasteiger partial charge in [0.1, 0.15) is 0 Å². The van der Waals surface area contributed by atoms with Gasteiger partial charge in [0.25, 0.3) is 7.41 Å². The minimum atomic E-state index is -0.461. The zero-order chi connectivity index (χ0) is 18.6. The van der Waals surface area contributed by atoms with Gasteiger partial charge in [0.05, 0.1) is 5.50 Å². The summed E-state index contributed by atoms with van der Waals surface area (Å²) < 4.78 is 22.7. The van der Waals surface area contributed by atoms with Gasteiger partial charge < -0.3 is 24.1 Å². The Morgan fingerprint density at radius 1 is 1.17 bits per heavy atom. The molecule has 6 nitrogen and oxygen atoms in total. The first-order valence-corrected chi connectivity index (χ1v) is 9.03. The van der Waals surface area contributed by atoms with Crippen molar-refractivity contribution in [2.24, 2.45) is 0 Å². The maximum absolute atomic E-state index is 11.2. The average Bonchev–Trinajstić information content (AvgIpc) is 2.50. The molecule has 0 radical (unpaired) electrons. The molecule has 0 bridgehead atoms. The van der Waals surface area contributed by atoms with E-state index in [1.807, 2.05) is 41.5 Å². The quantitative estimate of drug-likeness (QED) is 0.373. The predicted octanol–water partition coefficient (Wildman–Crippen LogP) is 1.28. The van der Waals surface area contributed by atoms with Crippen molar-refractivity contribution in [2.45, 2.75) is 65.3 Å². The van der Waals surface area contributed by atoms with E-state index in [1.54, 1.807) is 0 Å². The fourth-order valence-electron chi connectivity index (χ4n) is 1.86. The van der Waals surface area contributed by atoms with Gasteiger partial charge in [-0.15, -0.1) is 0 Å². The zero-order valence-electron chi connectivity index (χ0n) is 15.9. The van der Waals surface area contributed by atoms with E-state index < -0.39 is 5.50 Å². The first kappa shape index (κ1) is 23.8. The van der Waals surface area contributed by atoms with Crippen LogP contribution in [0.2, 0.25) is 0 Å². The van der Waals surface area contributed by atoms with Crippen LogP contribution in [-0.4, -0.2) is 64.5 Å². The van der Waals surface area contributed by atoms with Crippen molar-refractivity contribution in [3.63, 3.8) is 0 Å². The lowest BCUT2D eigenvalue weighted by molar-refractivity contribution is -0.0966. The number of hydrogen-bond acceptors (Lipinski definition) is 5. The summed E-state index contributed by atoms with van der Waals surface area (Å²) in [7, 11) is 0.792. The molecule has 0 saturated heterocycles. The summed E-state index contributed by atoms with van der Waals surface area (Å²) in [4.78, 5) is 11.2. The van der Waals surface area contributed by atoms with E-state index in [9.17, 15) is 4.79 Å². The van der Waals surface area contributed by atoms with Crippen molar-refractivity contribution in [3.8, 4) is 0 Å². The number of carbonyl (C=O) groups is 1. The number of nitrogens with one attached hydrogen (secondary N) is 1. The number of amides is 1. The summed E-state index contributed by atoms with van der Waals surface area (Å²) in [6.07, 6.45) is 0.368. The van der Waals surface area contributed by atoms with Crippen molar-refractivity contribution in [1.82, 2.24) is 5.23 Å². The van der Waals surface area contributed by atoms with Crippen LogP contribution in [0.1, 0.15) is 48.0 Å². The molecule has 0 aliphatic rings. The van der Waals surface area contributed by atoms with Gasteiger partial charge in [-0.1, -0.05) is 0 Å². The van der Waals surface area contributed by atoms with Crippen LogP contribution in [0.5, 0.6) is 0 Å². The molecular weight excluding hydrogens is 330 g/mol. The third-order valence-electron chi connectivity index (χ3n) is 3.34. The average molecular weight is 361 g/mol. The summed E-state index contributed by atoms with van der Waals surface area (Å²) >= 11 is 5.46. The Labute approximate surface area is 153 Å². The molecule has 1 N–H and O–H groups in total. The first-order chi connectivity index (χ1) is 11.2. The Bertz CT molecular complexity index is 355. The number of rotatable bonds is 14. The zero-order valence-corrected chi connectivity index (χ0v) is 16.7. The lowest BCUT2D eigenvalue weighted by Crippen LogP contribution is -2.45. The summed E-state index contributed by atoms with van der Waals surface area (Å²) in [5.41, 5.74) is -0.821. The molecule has 0 heterocycles. The third-order valence-corrected chi connectivity index (χ3v) is 3.59. The molecule has 0 aromatic rings. The van der Waals surface area contributed by atoms with Crippen LogP contribution in [0.3, 0.4) is 0 Å². The molecule has 24 heavy (non-hydrogen) atoms. The molecule has 0 fully saturated rings. The predicted molar refractivity (Wildman–Crippen MR) is 103 cm³/mol. The van der Waals surface area contributed by atoms with E-state index in [4.69, 9.17) is 30.3 Å². The van der Waals surface area contributed by atoms with E-state index in [0.717, 1.165) is 0 Å². The third kappa shape index (κ3) is 12.2. The van der Waals surface area contributed by atoms with E-state index in [-0.39, 0.29) is 24.3 Å². The van der Waals surface area contributed by atoms with Crippen LogP contribution in [0.4, 0.5) is 4.79 Å². The highest BCUT2D eigenvalue weighted by molar-refractivity contribution is 7.11. The molecular formula is C14H31B3ClNO5. The molecule has 0 atom stereocenters. The molecule has 0 aromatic heterocycles. The van der Waals surface area contributed by atoms with E-state index in [0.29, 0.717) is 41.1 Å². The summed E-state index contributed by atoms with van der Waals surface area (Å²) in [6.45, 7) is 13.4. The fourth-order valence-corrected chi connectivity index (χ4v) is 1.96. The van der Waals surface area contributed by atoms with Gasteiger partial charge in [-0.05, 0) is 48.0 Å². The van der Waals surface area contributed by atoms with Crippen LogP contribution in [-0.2, 0) is 18.9 Å². The lowest BCUT2D eigenvalue weighted by Gasteiger charge is -2.30. The number of ether oxygens (including phenoxy) is 3. The first-order valence-electron chi connectivity index (χ1n) is 8.49. The smallest absolute Gasteiger partial charge is 0.338 e. The van der Waals surface area contributed by atoms with E-state index in [1.165, 1.54) is 0 Å². The molecule has 0 unspecified atom stereocenters. The highest BCUT2D eigenvalue weighted by Gasteiger charge is 2.26. The number of hydrogen-bond donors (Lipinski definition) is 1. The highest BCUT2D eigenvalue weighted by atomic mass is 35.5. The molecule has 0 spiro atoms. The Hall–Kier alpha value is -0.205. The number of carbonyl (C=O) groups excluding carboxylic acids is 1. The van der Waals surface area contributed by atoms with Gasteiger partial charge in [-0.25, -0.2) is 0 Å². The number of halogens is 1. The van der Waals surface area contributed by atoms with Crippen molar-refractivity contribution < 1.29 is 23.7 Å². The largest absolute Gasteiger partial charge is 0.428 e. The molecule has 138 valence electrons. The summed E-state index contributed by atoms with van der Waals surface area (Å²) in [6, 6.07) is 0. The van der Waals surface area contributed by atoms with Gasteiger partial charge in [0.2, 0.25) is 0 Å². The fraction of sp³-hybridized carbons (Fsp3) is 0.929. The minimum absolute atomic E-state index is 0.0439. The molecule has 0 aromatic carbocycles. The molecule has 10 heteroatoms. The molecule has 0 rings (SSSR count). The van der Waals surface area contributed by atoms with E-state index in [2.05, 4.69) is 5.23 Å². The monoisotopic (exact) mass is 361 g/mol. The van der Waals surface area contributed by atoms with Gasteiger partial charge in [-0.2, -0.15) is 11.5 Å². The highest BCUT2D eigenvalue weighted by Crippen LogP contribution is 2.17. The normalized spacial score (nSPS) is 12.2. The van der Waals surface area contributed by atoms with Crippen LogP contribution < -0.4 is 5.23 Å². The van der Waals surface area contributed by atoms with Crippen molar-refractivity contribution >= 4 is 38.9 Å². The Kier molecular flexibility index (Phi) is 12.1. The summed E-state index contributed by atoms with van der Waals surface area (Å²) in [5.74, 6) is -0.199. The van der Waals surface area contributed by atoms with E-state index >= 15 is 0 Å². The van der Waals surface area contributed by atoms with Gasteiger partial charge in [0, 0.05) is 25.4 Å². The van der Waals surface area contributed by atoms with Crippen molar-refractivity contribution in [2.75, 3.05) is 19.8 Å². The van der Waals surface area contributed by atoms with Crippen molar-refractivity contribution in [3.05, 3.63) is 0 Å². The second-order valence-electron chi connectivity index (χ2n) is 6.68. The maximum atomic E-state index is 11.2. The SMILES string of the molecule is CCOC(BOC(C)(C)CCOC(C)(C)BNC(=O)BCl)OCC. The van der Waals surface area contributed by atoms with Crippen LogP contribution in [0.15, 0.2) is 0 Å². The van der Waals surface area contributed by atoms with Crippen molar-refractivity contribution in [1.29, 1.82) is 0 Å². The van der Waals surface area contributed by atoms with Crippen LogP contribution >= 0.6 is 11.5 Å². The Balaban J connectivity index is 4.15. The van der Waals surface area contributed by atoms with Crippen LogP contribution in [0.25, 0.3) is 0 Å². The standard InChI is InChI=1S/C14H31B3ClNO5/c1-7-21-12(22-8-2)16-24-13(3,4)9-10-23-14(5,6)17-19-11(20)15-18/h12,15-17H,7-10H2,1-6H3,(H,19,20).